The predicted octanol–water partition coefficient (Wildman–Crippen LogP) is 7.16. The molecular weight excluding hydrogens is 256 g/mol. The molecule has 0 atom stereocenters. The number of hydrogen-bond acceptors (Lipinski definition) is 2. The van der Waals surface area contributed by atoms with Gasteiger partial charge in [-0.25, -0.2) is 0 Å². The van der Waals surface area contributed by atoms with E-state index in [0.717, 1.165) is 4.91 Å². The molecule has 0 aromatic heterocycles. The Labute approximate surface area is 122 Å². The van der Waals surface area contributed by atoms with Crippen LogP contribution in [0.4, 0.5) is 0 Å². The van der Waals surface area contributed by atoms with Crippen molar-refractivity contribution >= 4 is 21.6 Å². The summed E-state index contributed by atoms with van der Waals surface area (Å²) < 4.78 is 0. The van der Waals surface area contributed by atoms with Crippen molar-refractivity contribution in [1.82, 2.24) is 0 Å². The Morgan fingerprint density at radius 2 is 1.50 bits per heavy atom. The van der Waals surface area contributed by atoms with Gasteiger partial charge < -0.3 is 0 Å². The van der Waals surface area contributed by atoms with Crippen molar-refractivity contribution < 1.29 is 0 Å². The van der Waals surface area contributed by atoms with Gasteiger partial charge in [0.25, 0.3) is 0 Å². The Kier molecular flexibility index (Phi) is 27.2. The van der Waals surface area contributed by atoms with Gasteiger partial charge in [0.05, 0.1) is 0 Å². The van der Waals surface area contributed by atoms with Gasteiger partial charge in [-0.3, -0.25) is 0 Å². The van der Waals surface area contributed by atoms with Gasteiger partial charge in [-0.1, -0.05) is 92.8 Å². The summed E-state index contributed by atoms with van der Waals surface area (Å²) in [6.07, 6.45) is 11.8. The topological polar surface area (TPSA) is 0 Å². The first-order valence-corrected chi connectivity index (χ1v) is 8.51. The molecule has 0 aliphatic carbocycles. The molecule has 0 aromatic rings. The van der Waals surface area contributed by atoms with E-state index in [2.05, 4.69) is 25.3 Å². The molecule has 2 heteroatoms. The van der Waals surface area contributed by atoms with Gasteiger partial charge in [0.15, 0.2) is 0 Å². The summed E-state index contributed by atoms with van der Waals surface area (Å²) in [6, 6.07) is 0. The summed E-state index contributed by atoms with van der Waals surface area (Å²) in [7, 11) is 3.37. The third-order valence-corrected chi connectivity index (χ3v) is 3.75. The zero-order valence-corrected chi connectivity index (χ0v) is 14.3. The fourth-order valence-electron chi connectivity index (χ4n) is 0.641. The van der Waals surface area contributed by atoms with E-state index < -0.39 is 0 Å². The molecular formula is C16H28S2. The summed E-state index contributed by atoms with van der Waals surface area (Å²) in [4.78, 5) is 2.27. The van der Waals surface area contributed by atoms with Crippen LogP contribution < -0.4 is 0 Å². The van der Waals surface area contributed by atoms with Crippen LogP contribution >= 0.6 is 21.6 Å². The van der Waals surface area contributed by atoms with Crippen LogP contribution in [0.5, 0.6) is 0 Å². The van der Waals surface area contributed by atoms with Crippen LogP contribution in [0.3, 0.4) is 0 Å². The van der Waals surface area contributed by atoms with Crippen molar-refractivity contribution in [1.29, 1.82) is 0 Å². The minimum Gasteiger partial charge on any atom is -0.0991 e. The second-order valence-corrected chi connectivity index (χ2v) is 4.75. The van der Waals surface area contributed by atoms with Crippen LogP contribution in [0.2, 0.25) is 0 Å². The maximum Gasteiger partial charge on any atom is 0.0140 e. The second kappa shape index (κ2) is 21.7. The molecule has 0 radical (unpaired) electrons. The highest BCUT2D eigenvalue weighted by Crippen LogP contribution is 2.36. The average Bonchev–Trinajstić information content (AvgIpc) is 2.45. The quantitative estimate of drug-likeness (QED) is 0.375. The predicted molar refractivity (Wildman–Crippen MR) is 94.9 cm³/mol. The summed E-state index contributed by atoms with van der Waals surface area (Å²) >= 11 is 0. The molecule has 18 heavy (non-hydrogen) atoms. The van der Waals surface area contributed by atoms with E-state index in [0.29, 0.717) is 0 Å². The largest absolute Gasteiger partial charge is 0.0991 e. The lowest BCUT2D eigenvalue weighted by molar-refractivity contribution is 1.50. The molecule has 0 spiro atoms. The first-order chi connectivity index (χ1) is 8.74. The molecule has 0 aliphatic rings. The van der Waals surface area contributed by atoms with Crippen LogP contribution in [-0.4, -0.2) is 0 Å². The highest BCUT2D eigenvalue weighted by atomic mass is 33.1. The van der Waals surface area contributed by atoms with Gasteiger partial charge in [-0.05, 0) is 19.9 Å². The van der Waals surface area contributed by atoms with Crippen molar-refractivity contribution in [2.75, 3.05) is 0 Å². The van der Waals surface area contributed by atoms with Gasteiger partial charge in [0, 0.05) is 9.81 Å². The molecule has 0 saturated heterocycles. The van der Waals surface area contributed by atoms with Crippen LogP contribution in [0.15, 0.2) is 59.4 Å². The molecule has 0 aliphatic heterocycles. The number of hydrogen-bond donors (Lipinski definition) is 0. The maximum atomic E-state index is 3.91. The molecule has 0 saturated carbocycles. The molecule has 0 unspecified atom stereocenters. The fourth-order valence-corrected chi connectivity index (χ4v) is 2.50. The van der Waals surface area contributed by atoms with Crippen molar-refractivity contribution in [3.63, 3.8) is 0 Å². The van der Waals surface area contributed by atoms with Crippen molar-refractivity contribution in [3.05, 3.63) is 59.4 Å². The minimum absolute atomic E-state index is 1.03. The van der Waals surface area contributed by atoms with Crippen LogP contribution in [0.1, 0.15) is 41.5 Å². The van der Waals surface area contributed by atoms with Crippen molar-refractivity contribution in [3.8, 4) is 0 Å². The Balaban J connectivity index is -0.000000506. The third-order valence-electron chi connectivity index (χ3n) is 1.28. The Morgan fingerprint density at radius 3 is 1.89 bits per heavy atom. The van der Waals surface area contributed by atoms with E-state index in [1.807, 2.05) is 59.8 Å². The second-order valence-electron chi connectivity index (χ2n) is 2.42. The first kappa shape index (κ1) is 22.6. The SMILES string of the molecule is C=C/C=C\C(=C)SSC(/C=C\C)=C/C.CC.CC. The monoisotopic (exact) mass is 284 g/mol. The molecule has 0 nitrogen and oxygen atoms in total. The van der Waals surface area contributed by atoms with E-state index in [1.54, 1.807) is 27.7 Å². The molecule has 0 aromatic carbocycles. The summed E-state index contributed by atoms with van der Waals surface area (Å²) in [5.74, 6) is 0. The smallest absolute Gasteiger partial charge is 0.0140 e. The van der Waals surface area contributed by atoms with Crippen LogP contribution in [0, 0.1) is 0 Å². The van der Waals surface area contributed by atoms with E-state index in [-0.39, 0.29) is 0 Å². The van der Waals surface area contributed by atoms with Crippen LogP contribution in [-0.2, 0) is 0 Å². The van der Waals surface area contributed by atoms with Crippen molar-refractivity contribution in [2.24, 2.45) is 0 Å². The fraction of sp³-hybridized carbons (Fsp3) is 0.375. The Morgan fingerprint density at radius 1 is 0.944 bits per heavy atom. The van der Waals surface area contributed by atoms with Gasteiger partial charge in [-0.15, -0.1) is 0 Å². The molecule has 0 bridgehead atoms. The highest BCUT2D eigenvalue weighted by molar-refractivity contribution is 8.79. The van der Waals surface area contributed by atoms with Crippen LogP contribution in [0.25, 0.3) is 0 Å². The maximum absolute atomic E-state index is 3.91. The lowest BCUT2D eigenvalue weighted by Crippen LogP contribution is -1.66. The number of rotatable bonds is 6. The summed E-state index contributed by atoms with van der Waals surface area (Å²) in [5, 5.41) is 0. The van der Waals surface area contributed by atoms with Crippen molar-refractivity contribution in [2.45, 2.75) is 41.5 Å². The van der Waals surface area contributed by atoms with Gasteiger partial charge in [-0.2, -0.15) is 0 Å². The molecule has 0 rings (SSSR count). The van der Waals surface area contributed by atoms with E-state index in [9.17, 15) is 0 Å². The van der Waals surface area contributed by atoms with Gasteiger partial charge >= 0.3 is 0 Å². The highest BCUT2D eigenvalue weighted by Gasteiger charge is 1.94. The minimum atomic E-state index is 1.03. The number of allylic oxidation sites excluding steroid dienone is 6. The normalized spacial score (nSPS) is 10.4. The van der Waals surface area contributed by atoms with E-state index in [4.69, 9.17) is 0 Å². The third kappa shape index (κ3) is 17.8. The molecule has 0 fully saturated rings. The molecule has 0 heterocycles. The Hall–Kier alpha value is -0.600. The molecule has 104 valence electrons. The van der Waals surface area contributed by atoms with E-state index >= 15 is 0 Å². The van der Waals surface area contributed by atoms with E-state index in [1.165, 1.54) is 4.91 Å². The lowest BCUT2D eigenvalue weighted by Gasteiger charge is -1.99. The molecule has 0 amide bonds. The molecule has 0 N–H and O–H groups in total. The lowest BCUT2D eigenvalue weighted by atomic mass is 10.4. The van der Waals surface area contributed by atoms with Gasteiger partial charge in [0.1, 0.15) is 0 Å². The average molecular weight is 285 g/mol. The summed E-state index contributed by atoms with van der Waals surface area (Å²) in [6.45, 7) is 19.6. The summed E-state index contributed by atoms with van der Waals surface area (Å²) in [5.41, 5.74) is 0. The standard InChI is InChI=1S/C12H16S2.2C2H6/c1-5-8-10-11(4)13-14-12(7-3)9-6-2;2*1-2/h5-10H,1,4H2,2-3H3;2*1-2H3/b9-6-,10-8-,12-7+;;. The zero-order valence-electron chi connectivity index (χ0n) is 12.7. The zero-order chi connectivity index (χ0) is 14.8. The Bertz CT molecular complexity index is 271. The first-order valence-electron chi connectivity index (χ1n) is 6.36. The van der Waals surface area contributed by atoms with Gasteiger partial charge in [0.2, 0.25) is 0 Å².